The molecule has 0 bridgehead atoms. The second kappa shape index (κ2) is 11.0. The number of rotatable bonds is 1. The largest absolute Gasteiger partial charge is 2.00 e. The Bertz CT molecular complexity index is 1520. The molecule has 5 rings (SSSR count). The van der Waals surface area contributed by atoms with Crippen LogP contribution in [-0.4, -0.2) is 30.0 Å². The maximum atomic E-state index is 4.79. The molecule has 4 heterocycles. The summed E-state index contributed by atoms with van der Waals surface area (Å²) >= 11 is 0. The van der Waals surface area contributed by atoms with Crippen molar-refractivity contribution in [3.05, 3.63) is 72.3 Å². The monoisotopic (exact) mass is 688 g/mol. The number of aromatic nitrogens is 7. The molecule has 0 spiro atoms. The molecule has 0 unspecified atom stereocenters. The van der Waals surface area contributed by atoms with E-state index < -0.39 is 0 Å². The summed E-state index contributed by atoms with van der Waals surface area (Å²) in [5.74, 6) is 0.815. The van der Waals surface area contributed by atoms with Crippen molar-refractivity contribution in [2.24, 2.45) is 0 Å². The third-order valence-electron chi connectivity index (χ3n) is 5.98. The van der Waals surface area contributed by atoms with Crippen LogP contribution in [0.4, 0.5) is 0 Å². The standard InChI is InChI=1S/C19H22N3.C11H13N4.Pt/c1-18(2,3)14-10-15-13(16-12(14)8-7-9-20-16)11-21-17(22-15)19(4,5)6;1-11(2,3)10-6-8(14-15-10)9-7-12-4-5-13-9;/h7-10H,1-6H3;4-7H,1-3H3;/q2*-1;+2. The summed E-state index contributed by atoms with van der Waals surface area (Å²) in [5, 5.41) is 10.3. The van der Waals surface area contributed by atoms with Crippen LogP contribution in [0.2, 0.25) is 0 Å². The average molecular weight is 689 g/mol. The minimum absolute atomic E-state index is 0. The molecule has 0 aliphatic carbocycles. The van der Waals surface area contributed by atoms with Crippen molar-refractivity contribution in [2.45, 2.75) is 78.6 Å². The van der Waals surface area contributed by atoms with Gasteiger partial charge in [-0.05, 0) is 45.1 Å². The zero-order valence-corrected chi connectivity index (χ0v) is 25.8. The van der Waals surface area contributed by atoms with Gasteiger partial charge in [-0.1, -0.05) is 91.6 Å². The Morgan fingerprint density at radius 1 is 0.816 bits per heavy atom. The van der Waals surface area contributed by atoms with Crippen LogP contribution >= 0.6 is 0 Å². The van der Waals surface area contributed by atoms with Crippen molar-refractivity contribution in [3.63, 3.8) is 0 Å². The fourth-order valence-electron chi connectivity index (χ4n) is 3.85. The quantitative estimate of drug-likeness (QED) is 0.150. The second-order valence-corrected chi connectivity index (χ2v) is 12.3. The molecule has 0 saturated heterocycles. The first-order valence-electron chi connectivity index (χ1n) is 12.5. The van der Waals surface area contributed by atoms with Gasteiger partial charge < -0.3 is 25.1 Å². The van der Waals surface area contributed by atoms with Crippen molar-refractivity contribution in [2.75, 3.05) is 0 Å². The first-order chi connectivity index (χ1) is 17.2. The van der Waals surface area contributed by atoms with Crippen LogP contribution in [0, 0.1) is 6.20 Å². The summed E-state index contributed by atoms with van der Waals surface area (Å²) in [5.41, 5.74) is 5.61. The smallest absolute Gasteiger partial charge is 0.573 e. The summed E-state index contributed by atoms with van der Waals surface area (Å²) in [6, 6.07) is 8.23. The Morgan fingerprint density at radius 2 is 1.55 bits per heavy atom. The molecular weight excluding hydrogens is 653 g/mol. The van der Waals surface area contributed by atoms with Gasteiger partial charge in [-0.25, -0.2) is 0 Å². The zero-order valence-electron chi connectivity index (χ0n) is 23.6. The number of benzene rings is 1. The van der Waals surface area contributed by atoms with E-state index in [4.69, 9.17) is 4.98 Å². The fourth-order valence-corrected chi connectivity index (χ4v) is 3.85. The van der Waals surface area contributed by atoms with Gasteiger partial charge in [0.1, 0.15) is 0 Å². The van der Waals surface area contributed by atoms with Crippen LogP contribution in [0.1, 0.15) is 79.4 Å². The molecule has 0 amide bonds. The molecule has 0 saturated carbocycles. The van der Waals surface area contributed by atoms with Crippen LogP contribution < -0.4 is 5.10 Å². The fraction of sp³-hybridized carbons (Fsp3) is 0.400. The Hall–Kier alpha value is -3.05. The summed E-state index contributed by atoms with van der Waals surface area (Å²) < 4.78 is 0. The predicted molar refractivity (Wildman–Crippen MR) is 148 cm³/mol. The minimum Gasteiger partial charge on any atom is -0.573 e. The maximum Gasteiger partial charge on any atom is 2.00 e. The predicted octanol–water partition coefficient (Wildman–Crippen LogP) is 6.36. The zero-order chi connectivity index (χ0) is 27.0. The van der Waals surface area contributed by atoms with Crippen molar-refractivity contribution in [1.29, 1.82) is 0 Å². The molecule has 1 aromatic carbocycles. The molecule has 5 aromatic rings. The Balaban J connectivity index is 0.000000220. The third-order valence-corrected chi connectivity index (χ3v) is 5.98. The molecule has 0 aliphatic rings. The van der Waals surface area contributed by atoms with Gasteiger partial charge in [0.25, 0.3) is 0 Å². The number of nitrogens with zero attached hydrogens (tertiary/aromatic N) is 7. The van der Waals surface area contributed by atoms with E-state index in [-0.39, 0.29) is 37.3 Å². The maximum absolute atomic E-state index is 4.79. The van der Waals surface area contributed by atoms with Crippen LogP contribution in [0.5, 0.6) is 0 Å². The van der Waals surface area contributed by atoms with E-state index in [1.807, 2.05) is 18.3 Å². The number of fused-ring (bicyclic) bond motifs is 3. The molecule has 8 heteroatoms. The van der Waals surface area contributed by atoms with Gasteiger partial charge in [0.15, 0.2) is 0 Å². The Kier molecular flexibility index (Phi) is 8.52. The third kappa shape index (κ3) is 6.50. The molecular formula is C30H35N7Pt. The average Bonchev–Trinajstić information content (AvgIpc) is 3.34. The summed E-state index contributed by atoms with van der Waals surface area (Å²) in [6.07, 6.45) is 9.98. The van der Waals surface area contributed by atoms with Crippen molar-refractivity contribution in [1.82, 2.24) is 35.1 Å². The Labute approximate surface area is 239 Å². The van der Waals surface area contributed by atoms with E-state index >= 15 is 0 Å². The normalized spacial score (nSPS) is 12.1. The van der Waals surface area contributed by atoms with Crippen molar-refractivity contribution in [3.8, 4) is 11.4 Å². The van der Waals surface area contributed by atoms with E-state index in [0.717, 1.165) is 44.7 Å². The first-order valence-corrected chi connectivity index (χ1v) is 12.5. The molecule has 4 aromatic heterocycles. The topological polar surface area (TPSA) is 91.4 Å². The van der Waals surface area contributed by atoms with E-state index in [9.17, 15) is 0 Å². The van der Waals surface area contributed by atoms with E-state index in [1.165, 1.54) is 5.56 Å². The van der Waals surface area contributed by atoms with Gasteiger partial charge >= 0.3 is 21.1 Å². The Morgan fingerprint density at radius 3 is 2.13 bits per heavy atom. The van der Waals surface area contributed by atoms with Crippen molar-refractivity contribution < 1.29 is 21.1 Å². The van der Waals surface area contributed by atoms with Gasteiger partial charge in [0.2, 0.25) is 0 Å². The summed E-state index contributed by atoms with van der Waals surface area (Å²) in [6.45, 7) is 19.3. The summed E-state index contributed by atoms with van der Waals surface area (Å²) in [4.78, 5) is 22.0. The molecule has 0 radical (unpaired) electrons. The molecule has 200 valence electrons. The van der Waals surface area contributed by atoms with Crippen molar-refractivity contribution >= 4 is 21.8 Å². The minimum atomic E-state index is -0.0916. The first kappa shape index (κ1) is 29.5. The van der Waals surface area contributed by atoms with Gasteiger partial charge in [-0.2, -0.15) is 0 Å². The molecule has 0 atom stereocenters. The SMILES string of the molecule is CC(C)(C)c1cc(-c2cnccn2)[n-]n1.CC(C)(C)c1n[c-]c2c(cc(C(C)(C)C)c3cccnc32)n1.[Pt+2]. The second-order valence-electron chi connectivity index (χ2n) is 12.3. The molecule has 38 heavy (non-hydrogen) atoms. The van der Waals surface area contributed by atoms with Crippen LogP contribution in [0.25, 0.3) is 33.2 Å². The van der Waals surface area contributed by atoms with E-state index in [1.54, 1.807) is 18.6 Å². The van der Waals surface area contributed by atoms with Crippen LogP contribution in [0.3, 0.4) is 0 Å². The van der Waals surface area contributed by atoms with E-state index in [0.29, 0.717) is 0 Å². The van der Waals surface area contributed by atoms with Crippen LogP contribution in [-0.2, 0) is 37.3 Å². The van der Waals surface area contributed by atoms with Gasteiger partial charge in [-0.15, -0.1) is 0 Å². The van der Waals surface area contributed by atoms with Crippen LogP contribution in [0.15, 0.2) is 49.1 Å². The van der Waals surface area contributed by atoms with Gasteiger partial charge in [-0.3, -0.25) is 9.97 Å². The molecule has 0 fully saturated rings. The van der Waals surface area contributed by atoms with E-state index in [2.05, 4.69) is 111 Å². The molecule has 0 aliphatic heterocycles. The molecule has 0 N–H and O–H groups in total. The number of pyridine rings is 1. The van der Waals surface area contributed by atoms with Gasteiger partial charge in [0, 0.05) is 35.5 Å². The number of hydrogen-bond acceptors (Lipinski definition) is 6. The summed E-state index contributed by atoms with van der Waals surface area (Å²) in [7, 11) is 0. The number of hydrogen-bond donors (Lipinski definition) is 0. The molecule has 7 nitrogen and oxygen atoms in total. The van der Waals surface area contributed by atoms with Gasteiger partial charge in [0.05, 0.1) is 11.9 Å².